The SMILES string of the molecule is Cn1nc(Cl)c2ccc(C(CN)C(=O)O)cc21. The van der Waals surface area contributed by atoms with Gasteiger partial charge in [-0.2, -0.15) is 5.10 Å². The third-order valence-electron chi connectivity index (χ3n) is 2.77. The molecule has 0 fully saturated rings. The Hall–Kier alpha value is -1.59. The van der Waals surface area contributed by atoms with E-state index >= 15 is 0 Å². The highest BCUT2D eigenvalue weighted by molar-refractivity contribution is 6.34. The molecule has 1 unspecified atom stereocenters. The highest BCUT2D eigenvalue weighted by Crippen LogP contribution is 2.26. The molecule has 1 heterocycles. The van der Waals surface area contributed by atoms with Gasteiger partial charge in [0.25, 0.3) is 0 Å². The van der Waals surface area contributed by atoms with Crippen LogP contribution in [0.4, 0.5) is 0 Å². The molecule has 0 saturated heterocycles. The number of carbonyl (C=O) groups is 1. The molecule has 5 nitrogen and oxygen atoms in total. The van der Waals surface area contributed by atoms with Crippen LogP contribution in [-0.4, -0.2) is 27.4 Å². The van der Waals surface area contributed by atoms with Gasteiger partial charge in [-0.3, -0.25) is 9.48 Å². The Kier molecular flexibility index (Phi) is 3.04. The van der Waals surface area contributed by atoms with E-state index in [2.05, 4.69) is 5.10 Å². The molecule has 0 spiro atoms. The molecule has 0 bridgehead atoms. The van der Waals surface area contributed by atoms with Gasteiger partial charge >= 0.3 is 5.97 Å². The minimum Gasteiger partial charge on any atom is -0.481 e. The lowest BCUT2D eigenvalue weighted by Crippen LogP contribution is -2.21. The van der Waals surface area contributed by atoms with E-state index in [-0.39, 0.29) is 6.54 Å². The summed E-state index contributed by atoms with van der Waals surface area (Å²) in [6, 6.07) is 5.26. The Balaban J connectivity index is 2.57. The number of benzene rings is 1. The van der Waals surface area contributed by atoms with E-state index in [0.29, 0.717) is 10.7 Å². The van der Waals surface area contributed by atoms with E-state index in [0.717, 1.165) is 10.9 Å². The number of hydrogen-bond acceptors (Lipinski definition) is 3. The molecular formula is C11H12ClN3O2. The van der Waals surface area contributed by atoms with E-state index in [1.807, 2.05) is 0 Å². The van der Waals surface area contributed by atoms with E-state index < -0.39 is 11.9 Å². The summed E-state index contributed by atoms with van der Waals surface area (Å²) >= 11 is 5.93. The lowest BCUT2D eigenvalue weighted by Gasteiger charge is -2.10. The van der Waals surface area contributed by atoms with E-state index in [4.69, 9.17) is 22.4 Å². The molecule has 0 radical (unpaired) electrons. The molecule has 0 aliphatic carbocycles. The Morgan fingerprint density at radius 1 is 1.65 bits per heavy atom. The van der Waals surface area contributed by atoms with Crippen molar-refractivity contribution in [1.82, 2.24) is 9.78 Å². The van der Waals surface area contributed by atoms with Gasteiger partial charge in [0, 0.05) is 19.0 Å². The first kappa shape index (κ1) is 11.9. The highest BCUT2D eigenvalue weighted by atomic mass is 35.5. The third-order valence-corrected chi connectivity index (χ3v) is 3.05. The zero-order valence-electron chi connectivity index (χ0n) is 9.22. The number of hydrogen-bond donors (Lipinski definition) is 2. The maximum absolute atomic E-state index is 11.0. The van der Waals surface area contributed by atoms with Crippen LogP contribution in [0.2, 0.25) is 5.15 Å². The Morgan fingerprint density at radius 2 is 2.35 bits per heavy atom. The molecule has 2 rings (SSSR count). The summed E-state index contributed by atoms with van der Waals surface area (Å²) in [5, 5.41) is 14.3. The lowest BCUT2D eigenvalue weighted by molar-refractivity contribution is -0.138. The van der Waals surface area contributed by atoms with Crippen molar-refractivity contribution in [3.63, 3.8) is 0 Å². The van der Waals surface area contributed by atoms with Crippen molar-refractivity contribution in [2.75, 3.05) is 6.54 Å². The van der Waals surface area contributed by atoms with Crippen molar-refractivity contribution in [3.05, 3.63) is 28.9 Å². The van der Waals surface area contributed by atoms with Crippen molar-refractivity contribution in [2.24, 2.45) is 12.8 Å². The number of nitrogens with zero attached hydrogens (tertiary/aromatic N) is 2. The molecule has 17 heavy (non-hydrogen) atoms. The predicted octanol–water partition coefficient (Wildman–Crippen LogP) is 1.35. The molecule has 6 heteroatoms. The summed E-state index contributed by atoms with van der Waals surface area (Å²) in [6.07, 6.45) is 0. The number of fused-ring (bicyclic) bond motifs is 1. The van der Waals surface area contributed by atoms with Crippen molar-refractivity contribution in [2.45, 2.75) is 5.92 Å². The number of rotatable bonds is 3. The van der Waals surface area contributed by atoms with Gasteiger partial charge in [-0.1, -0.05) is 17.7 Å². The van der Waals surface area contributed by atoms with Gasteiger partial charge in [0.15, 0.2) is 5.15 Å². The van der Waals surface area contributed by atoms with Crippen LogP contribution in [0.1, 0.15) is 11.5 Å². The first-order chi connectivity index (χ1) is 8.04. The maximum atomic E-state index is 11.0. The summed E-state index contributed by atoms with van der Waals surface area (Å²) in [7, 11) is 1.76. The van der Waals surface area contributed by atoms with Gasteiger partial charge in [-0.15, -0.1) is 0 Å². The Morgan fingerprint density at radius 3 is 2.94 bits per heavy atom. The molecule has 1 aromatic carbocycles. The molecule has 2 aromatic rings. The Bertz CT molecular complexity index is 579. The predicted molar refractivity (Wildman–Crippen MR) is 65.2 cm³/mol. The fraction of sp³-hybridized carbons (Fsp3) is 0.273. The van der Waals surface area contributed by atoms with Gasteiger partial charge in [0.2, 0.25) is 0 Å². The molecule has 90 valence electrons. The third kappa shape index (κ3) is 1.99. The van der Waals surface area contributed by atoms with Crippen LogP contribution in [-0.2, 0) is 11.8 Å². The van der Waals surface area contributed by atoms with E-state index in [1.54, 1.807) is 29.9 Å². The quantitative estimate of drug-likeness (QED) is 0.865. The molecule has 3 N–H and O–H groups in total. The number of carboxylic acid groups (broad SMARTS) is 1. The average molecular weight is 254 g/mol. The minimum atomic E-state index is -0.930. The van der Waals surface area contributed by atoms with Gasteiger partial charge in [-0.05, 0) is 17.7 Å². The van der Waals surface area contributed by atoms with Gasteiger partial charge in [-0.25, -0.2) is 0 Å². The second-order valence-electron chi connectivity index (χ2n) is 3.82. The van der Waals surface area contributed by atoms with Crippen LogP contribution >= 0.6 is 11.6 Å². The zero-order valence-corrected chi connectivity index (χ0v) is 9.98. The first-order valence-corrected chi connectivity index (χ1v) is 5.47. The smallest absolute Gasteiger partial charge is 0.312 e. The fourth-order valence-corrected chi connectivity index (χ4v) is 2.10. The van der Waals surface area contributed by atoms with Crippen molar-refractivity contribution < 1.29 is 9.90 Å². The number of aryl methyl sites for hydroxylation is 1. The number of carboxylic acids is 1. The molecular weight excluding hydrogens is 242 g/mol. The standard InChI is InChI=1S/C11H12ClN3O2/c1-15-9-4-6(8(5-13)11(16)17)2-3-7(9)10(12)14-15/h2-4,8H,5,13H2,1H3,(H,16,17). The summed E-state index contributed by atoms with van der Waals surface area (Å²) in [6.45, 7) is 0.0619. The first-order valence-electron chi connectivity index (χ1n) is 5.09. The Labute approximate surface area is 103 Å². The van der Waals surface area contributed by atoms with Crippen LogP contribution in [0.3, 0.4) is 0 Å². The van der Waals surface area contributed by atoms with Crippen LogP contribution < -0.4 is 5.73 Å². The molecule has 1 atom stereocenters. The zero-order chi connectivity index (χ0) is 12.6. The van der Waals surface area contributed by atoms with Crippen LogP contribution in [0.15, 0.2) is 18.2 Å². The van der Waals surface area contributed by atoms with Gasteiger partial charge in [0.05, 0.1) is 11.4 Å². The molecule has 0 saturated carbocycles. The monoisotopic (exact) mass is 253 g/mol. The summed E-state index contributed by atoms with van der Waals surface area (Å²) in [5.74, 6) is -1.63. The lowest BCUT2D eigenvalue weighted by atomic mass is 9.98. The maximum Gasteiger partial charge on any atom is 0.312 e. The van der Waals surface area contributed by atoms with Gasteiger partial charge in [0.1, 0.15) is 0 Å². The number of halogens is 1. The topological polar surface area (TPSA) is 81.1 Å². The second kappa shape index (κ2) is 4.35. The van der Waals surface area contributed by atoms with Gasteiger partial charge < -0.3 is 10.8 Å². The largest absolute Gasteiger partial charge is 0.481 e. The van der Waals surface area contributed by atoms with E-state index in [1.165, 1.54) is 0 Å². The average Bonchev–Trinajstić information content (AvgIpc) is 2.55. The molecule has 0 aliphatic rings. The number of aromatic nitrogens is 2. The van der Waals surface area contributed by atoms with Crippen LogP contribution in [0, 0.1) is 0 Å². The second-order valence-corrected chi connectivity index (χ2v) is 4.18. The number of aliphatic carboxylic acids is 1. The summed E-state index contributed by atoms with van der Waals surface area (Å²) in [5.41, 5.74) is 6.92. The van der Waals surface area contributed by atoms with Crippen LogP contribution in [0.25, 0.3) is 10.9 Å². The highest BCUT2D eigenvalue weighted by Gasteiger charge is 2.19. The van der Waals surface area contributed by atoms with Crippen LogP contribution in [0.5, 0.6) is 0 Å². The normalized spacial score (nSPS) is 12.9. The minimum absolute atomic E-state index is 0.0619. The van der Waals surface area contributed by atoms with E-state index in [9.17, 15) is 4.79 Å². The fourth-order valence-electron chi connectivity index (χ4n) is 1.83. The van der Waals surface area contributed by atoms with Crippen molar-refractivity contribution in [3.8, 4) is 0 Å². The van der Waals surface area contributed by atoms with Crippen molar-refractivity contribution >= 4 is 28.5 Å². The summed E-state index contributed by atoms with van der Waals surface area (Å²) in [4.78, 5) is 11.0. The molecule has 0 amide bonds. The molecule has 1 aromatic heterocycles. The van der Waals surface area contributed by atoms with Crippen molar-refractivity contribution in [1.29, 1.82) is 0 Å². The summed E-state index contributed by atoms with van der Waals surface area (Å²) < 4.78 is 1.62. The number of nitrogens with two attached hydrogens (primary N) is 1. The molecule has 0 aliphatic heterocycles.